The van der Waals surface area contributed by atoms with Gasteiger partial charge in [-0.05, 0) is 34.8 Å². The van der Waals surface area contributed by atoms with Crippen LogP contribution < -0.4 is 15.9 Å². The predicted octanol–water partition coefficient (Wildman–Crippen LogP) is 0.164. The van der Waals surface area contributed by atoms with Crippen LogP contribution in [0.1, 0.15) is 11.1 Å². The largest absolute Gasteiger partial charge is 0.491 e. The minimum atomic E-state index is -3.74. The molecule has 0 amide bonds. The molecule has 1 aliphatic heterocycles. The van der Waals surface area contributed by atoms with Crippen LogP contribution in [0.4, 0.5) is 5.69 Å². The van der Waals surface area contributed by atoms with Crippen LogP contribution in [0.25, 0.3) is 0 Å². The second-order valence-corrected chi connectivity index (χ2v) is 6.65. The van der Waals surface area contributed by atoms with E-state index >= 15 is 0 Å². The molecule has 0 aromatic heterocycles. The predicted molar refractivity (Wildman–Crippen MR) is 84.0 cm³/mol. The summed E-state index contributed by atoms with van der Waals surface area (Å²) in [6.07, 6.45) is 0. The summed E-state index contributed by atoms with van der Waals surface area (Å²) in [4.78, 5) is 0.148. The van der Waals surface area contributed by atoms with Crippen molar-refractivity contribution in [3.8, 4) is 0 Å². The van der Waals surface area contributed by atoms with E-state index in [1.54, 1.807) is 36.4 Å². The zero-order chi connectivity index (χ0) is 15.7. The molecule has 0 saturated carbocycles. The number of anilines is 1. The average Bonchev–Trinajstić information content (AvgIpc) is 2.88. The molecule has 0 aliphatic carbocycles. The number of fused-ring (bicyclic) bond motifs is 1. The van der Waals surface area contributed by atoms with Crippen molar-refractivity contribution in [1.29, 1.82) is 0 Å². The smallest absolute Gasteiger partial charge is 0.423 e. The Morgan fingerprint density at radius 1 is 1.27 bits per heavy atom. The Balaban J connectivity index is 1.94. The van der Waals surface area contributed by atoms with E-state index in [1.807, 2.05) is 0 Å². The maximum atomic E-state index is 12.5. The molecule has 0 saturated heterocycles. The van der Waals surface area contributed by atoms with Crippen LogP contribution in [0.5, 0.6) is 0 Å². The van der Waals surface area contributed by atoms with Gasteiger partial charge in [0, 0.05) is 12.2 Å². The molecule has 1 aliphatic rings. The number of sulfonamides is 1. The Morgan fingerprint density at radius 3 is 2.82 bits per heavy atom. The fourth-order valence-electron chi connectivity index (χ4n) is 2.42. The number of rotatable bonds is 4. The Kier molecular flexibility index (Phi) is 3.92. The van der Waals surface area contributed by atoms with Crippen molar-refractivity contribution in [2.45, 2.75) is 18.0 Å². The summed E-state index contributed by atoms with van der Waals surface area (Å²) in [5, 5.41) is 9.69. The van der Waals surface area contributed by atoms with Gasteiger partial charge in [0.2, 0.25) is 0 Å². The SMILES string of the molecule is NCc1ccccc1S(=O)(=O)Nc1ccc2c(c1)B(O)OC2. The van der Waals surface area contributed by atoms with Crippen molar-refractivity contribution in [2.75, 3.05) is 4.72 Å². The molecule has 0 atom stereocenters. The molecule has 0 radical (unpaired) electrons. The molecule has 114 valence electrons. The van der Waals surface area contributed by atoms with E-state index in [9.17, 15) is 13.4 Å². The van der Waals surface area contributed by atoms with Crippen LogP contribution in [-0.2, 0) is 27.8 Å². The normalized spacial score (nSPS) is 14.0. The topological polar surface area (TPSA) is 102 Å². The van der Waals surface area contributed by atoms with E-state index in [1.165, 1.54) is 6.07 Å². The molecule has 0 fully saturated rings. The van der Waals surface area contributed by atoms with Crippen molar-refractivity contribution in [1.82, 2.24) is 0 Å². The molecule has 1 heterocycles. The Morgan fingerprint density at radius 2 is 2.05 bits per heavy atom. The molecule has 3 rings (SSSR count). The van der Waals surface area contributed by atoms with E-state index in [0.29, 0.717) is 23.3 Å². The minimum Gasteiger partial charge on any atom is -0.423 e. The zero-order valence-electron chi connectivity index (χ0n) is 11.7. The summed E-state index contributed by atoms with van der Waals surface area (Å²) in [7, 11) is -4.76. The van der Waals surface area contributed by atoms with E-state index < -0.39 is 17.1 Å². The lowest BCUT2D eigenvalue weighted by Gasteiger charge is -2.12. The molecule has 0 spiro atoms. The number of hydrogen-bond acceptors (Lipinski definition) is 5. The van der Waals surface area contributed by atoms with Gasteiger partial charge in [-0.25, -0.2) is 8.42 Å². The molecule has 4 N–H and O–H groups in total. The monoisotopic (exact) mass is 318 g/mol. The Bertz CT molecular complexity index is 810. The van der Waals surface area contributed by atoms with Gasteiger partial charge in [-0.2, -0.15) is 0 Å². The molecule has 8 heteroatoms. The molecule has 2 aromatic carbocycles. The van der Waals surface area contributed by atoms with E-state index in [0.717, 1.165) is 5.56 Å². The molecule has 0 bridgehead atoms. The van der Waals surface area contributed by atoms with Gasteiger partial charge < -0.3 is 15.4 Å². The van der Waals surface area contributed by atoms with Gasteiger partial charge in [-0.15, -0.1) is 0 Å². The van der Waals surface area contributed by atoms with Gasteiger partial charge >= 0.3 is 7.12 Å². The van der Waals surface area contributed by atoms with Gasteiger partial charge in [-0.1, -0.05) is 24.3 Å². The summed E-state index contributed by atoms with van der Waals surface area (Å²) >= 11 is 0. The van der Waals surface area contributed by atoms with E-state index in [4.69, 9.17) is 10.4 Å². The summed E-state index contributed by atoms with van der Waals surface area (Å²) < 4.78 is 32.6. The maximum absolute atomic E-state index is 12.5. The highest BCUT2D eigenvalue weighted by Gasteiger charge is 2.28. The van der Waals surface area contributed by atoms with Gasteiger partial charge in [0.25, 0.3) is 10.0 Å². The van der Waals surface area contributed by atoms with Gasteiger partial charge in [0.15, 0.2) is 0 Å². The highest BCUT2D eigenvalue weighted by atomic mass is 32.2. The first-order chi connectivity index (χ1) is 10.5. The Labute approximate surface area is 129 Å². The van der Waals surface area contributed by atoms with Crippen molar-refractivity contribution in [3.05, 3.63) is 53.6 Å². The lowest BCUT2D eigenvalue weighted by Crippen LogP contribution is -2.28. The highest BCUT2D eigenvalue weighted by molar-refractivity contribution is 7.92. The Hall–Kier alpha value is -1.87. The van der Waals surface area contributed by atoms with Crippen molar-refractivity contribution in [3.63, 3.8) is 0 Å². The summed E-state index contributed by atoms with van der Waals surface area (Å²) in [5.74, 6) is 0. The first kappa shape index (κ1) is 15.0. The third-order valence-corrected chi connectivity index (χ3v) is 5.02. The number of hydrogen-bond donors (Lipinski definition) is 3. The molecular formula is C14H15BN2O4S. The molecular weight excluding hydrogens is 303 g/mol. The summed E-state index contributed by atoms with van der Waals surface area (Å²) in [6.45, 7) is 0.452. The lowest BCUT2D eigenvalue weighted by atomic mass is 9.79. The van der Waals surface area contributed by atoms with E-state index in [2.05, 4.69) is 4.72 Å². The molecule has 0 unspecified atom stereocenters. The third kappa shape index (κ3) is 2.73. The van der Waals surface area contributed by atoms with Gasteiger partial charge in [0.05, 0.1) is 11.5 Å². The standard InChI is InChI=1S/C14H15BN2O4S/c16-8-10-3-1-2-4-14(10)22(19,20)17-12-6-5-11-9-21-15(18)13(11)7-12/h1-7,17-18H,8-9,16H2. The van der Waals surface area contributed by atoms with Crippen LogP contribution in [0.15, 0.2) is 47.4 Å². The minimum absolute atomic E-state index is 0.133. The number of benzene rings is 2. The van der Waals surface area contributed by atoms with Gasteiger partial charge in [-0.3, -0.25) is 4.72 Å². The van der Waals surface area contributed by atoms with Crippen LogP contribution >= 0.6 is 0 Å². The van der Waals surface area contributed by atoms with Crippen molar-refractivity contribution < 1.29 is 18.1 Å². The summed E-state index contributed by atoms with van der Waals surface area (Å²) in [6, 6.07) is 11.5. The summed E-state index contributed by atoms with van der Waals surface area (Å²) in [5.41, 5.74) is 7.92. The van der Waals surface area contributed by atoms with Crippen molar-refractivity contribution in [2.24, 2.45) is 5.73 Å². The zero-order valence-corrected chi connectivity index (χ0v) is 12.5. The van der Waals surface area contributed by atoms with Crippen molar-refractivity contribution >= 4 is 28.3 Å². The highest BCUT2D eigenvalue weighted by Crippen LogP contribution is 2.20. The lowest BCUT2D eigenvalue weighted by molar-refractivity contribution is 0.275. The van der Waals surface area contributed by atoms with Gasteiger partial charge in [0.1, 0.15) is 0 Å². The maximum Gasteiger partial charge on any atom is 0.491 e. The number of nitrogens with one attached hydrogen (secondary N) is 1. The number of nitrogens with two attached hydrogens (primary N) is 1. The second-order valence-electron chi connectivity index (χ2n) is 4.99. The first-order valence-corrected chi connectivity index (χ1v) is 8.23. The fourth-order valence-corrected chi connectivity index (χ4v) is 3.72. The van der Waals surface area contributed by atoms with Crippen LogP contribution in [0.3, 0.4) is 0 Å². The van der Waals surface area contributed by atoms with E-state index in [-0.39, 0.29) is 11.4 Å². The second kappa shape index (κ2) is 5.73. The van der Waals surface area contributed by atoms with Crippen LogP contribution in [0.2, 0.25) is 0 Å². The molecule has 22 heavy (non-hydrogen) atoms. The van der Waals surface area contributed by atoms with Crippen LogP contribution in [0, 0.1) is 0 Å². The fraction of sp³-hybridized carbons (Fsp3) is 0.143. The van der Waals surface area contributed by atoms with Crippen LogP contribution in [-0.4, -0.2) is 20.6 Å². The molecule has 2 aromatic rings. The quantitative estimate of drug-likeness (QED) is 0.697. The first-order valence-electron chi connectivity index (χ1n) is 6.74. The molecule has 6 nitrogen and oxygen atoms in total. The average molecular weight is 318 g/mol. The third-order valence-electron chi connectivity index (χ3n) is 3.54.